The fourth-order valence-corrected chi connectivity index (χ4v) is 3.37. The SMILES string of the molecule is C=C(CC(=O)OC1CCc2c(Cl)cc(Cl)cc21)C(=O)OC(CC(=O)O)C(F)(F)F. The van der Waals surface area contributed by atoms with Gasteiger partial charge in [0.05, 0.1) is 12.8 Å². The molecule has 11 heteroatoms. The molecule has 1 aromatic carbocycles. The van der Waals surface area contributed by atoms with Crippen LogP contribution in [0.5, 0.6) is 0 Å². The van der Waals surface area contributed by atoms with Gasteiger partial charge in [-0.2, -0.15) is 13.2 Å². The van der Waals surface area contributed by atoms with Crippen LogP contribution in [0.1, 0.15) is 36.5 Å². The topological polar surface area (TPSA) is 89.9 Å². The van der Waals surface area contributed by atoms with Crippen molar-refractivity contribution >= 4 is 41.1 Å². The molecular formula is C18H15Cl2F3O6. The van der Waals surface area contributed by atoms with Crippen molar-refractivity contribution in [3.8, 4) is 0 Å². The van der Waals surface area contributed by atoms with Gasteiger partial charge in [-0.3, -0.25) is 9.59 Å². The van der Waals surface area contributed by atoms with Gasteiger partial charge in [-0.15, -0.1) is 0 Å². The molecule has 0 saturated heterocycles. The van der Waals surface area contributed by atoms with E-state index in [1.165, 1.54) is 0 Å². The first-order valence-electron chi connectivity index (χ1n) is 8.23. The van der Waals surface area contributed by atoms with Gasteiger partial charge in [0.2, 0.25) is 6.10 Å². The highest BCUT2D eigenvalue weighted by atomic mass is 35.5. The number of ether oxygens (including phenoxy) is 2. The molecular weight excluding hydrogens is 440 g/mol. The Labute approximate surface area is 173 Å². The van der Waals surface area contributed by atoms with E-state index < -0.39 is 54.7 Å². The third kappa shape index (κ3) is 6.11. The Bertz CT molecular complexity index is 853. The quantitative estimate of drug-likeness (QED) is 0.484. The fraction of sp³-hybridized carbons (Fsp3) is 0.389. The fourth-order valence-electron chi connectivity index (χ4n) is 2.77. The monoisotopic (exact) mass is 454 g/mol. The lowest BCUT2D eigenvalue weighted by Gasteiger charge is -2.19. The molecule has 0 aromatic heterocycles. The van der Waals surface area contributed by atoms with Crippen molar-refractivity contribution in [2.45, 2.75) is 44.1 Å². The first-order valence-corrected chi connectivity index (χ1v) is 8.98. The zero-order valence-electron chi connectivity index (χ0n) is 14.7. The van der Waals surface area contributed by atoms with Gasteiger partial charge in [0.25, 0.3) is 0 Å². The maximum Gasteiger partial charge on any atom is 0.426 e. The molecule has 1 N–H and O–H groups in total. The Morgan fingerprint density at radius 3 is 2.52 bits per heavy atom. The molecule has 1 aromatic rings. The van der Waals surface area contributed by atoms with E-state index in [9.17, 15) is 27.6 Å². The van der Waals surface area contributed by atoms with Gasteiger partial charge < -0.3 is 14.6 Å². The lowest BCUT2D eigenvalue weighted by molar-refractivity contribution is -0.222. The van der Waals surface area contributed by atoms with E-state index in [2.05, 4.69) is 11.3 Å². The third-order valence-electron chi connectivity index (χ3n) is 4.09. The van der Waals surface area contributed by atoms with Crippen LogP contribution in [-0.4, -0.2) is 35.3 Å². The highest BCUT2D eigenvalue weighted by Gasteiger charge is 2.44. The average molecular weight is 455 g/mol. The van der Waals surface area contributed by atoms with Crippen molar-refractivity contribution in [1.82, 2.24) is 0 Å². The summed E-state index contributed by atoms with van der Waals surface area (Å²) in [7, 11) is 0. The van der Waals surface area contributed by atoms with Crippen LogP contribution in [0.2, 0.25) is 10.0 Å². The van der Waals surface area contributed by atoms with Crippen LogP contribution >= 0.6 is 23.2 Å². The number of alkyl halides is 3. The van der Waals surface area contributed by atoms with E-state index in [-0.39, 0.29) is 0 Å². The summed E-state index contributed by atoms with van der Waals surface area (Å²) < 4.78 is 47.7. The zero-order valence-corrected chi connectivity index (χ0v) is 16.2. The first kappa shape index (κ1) is 23.0. The van der Waals surface area contributed by atoms with E-state index in [1.54, 1.807) is 12.1 Å². The molecule has 0 aliphatic heterocycles. The second-order valence-electron chi connectivity index (χ2n) is 6.29. The van der Waals surface area contributed by atoms with E-state index in [0.29, 0.717) is 28.5 Å². The molecule has 158 valence electrons. The molecule has 0 amide bonds. The van der Waals surface area contributed by atoms with Crippen molar-refractivity contribution < 1.29 is 42.1 Å². The third-order valence-corrected chi connectivity index (χ3v) is 4.65. The summed E-state index contributed by atoms with van der Waals surface area (Å²) in [5, 5.41) is 9.29. The molecule has 29 heavy (non-hydrogen) atoms. The van der Waals surface area contributed by atoms with E-state index in [4.69, 9.17) is 33.0 Å². The van der Waals surface area contributed by atoms with Gasteiger partial charge in [-0.05, 0) is 36.1 Å². The standard InChI is InChI=1S/C18H15Cl2F3O6/c1-8(17(27)29-14(7-15(24)25)18(21,22)23)4-16(26)28-13-3-2-10-11(13)5-9(19)6-12(10)20/h5-6,13-14H,1-4,7H2,(H,24,25). The molecule has 0 radical (unpaired) electrons. The summed E-state index contributed by atoms with van der Waals surface area (Å²) in [4.78, 5) is 34.4. The molecule has 6 nitrogen and oxygen atoms in total. The number of aliphatic carboxylic acids is 1. The summed E-state index contributed by atoms with van der Waals surface area (Å²) in [6.45, 7) is 3.22. The number of fused-ring (bicyclic) bond motifs is 1. The highest BCUT2D eigenvalue weighted by molar-refractivity contribution is 6.35. The number of benzene rings is 1. The van der Waals surface area contributed by atoms with Gasteiger partial charge in [-0.1, -0.05) is 29.8 Å². The lowest BCUT2D eigenvalue weighted by Crippen LogP contribution is -2.36. The smallest absolute Gasteiger partial charge is 0.426 e. The molecule has 0 bridgehead atoms. The van der Waals surface area contributed by atoms with Crippen LogP contribution in [0.3, 0.4) is 0 Å². The largest absolute Gasteiger partial charge is 0.481 e. The molecule has 2 unspecified atom stereocenters. The summed E-state index contributed by atoms with van der Waals surface area (Å²) in [5.41, 5.74) is 0.786. The minimum atomic E-state index is -5.08. The highest BCUT2D eigenvalue weighted by Crippen LogP contribution is 2.40. The van der Waals surface area contributed by atoms with Crippen molar-refractivity contribution in [2.24, 2.45) is 0 Å². The second-order valence-corrected chi connectivity index (χ2v) is 7.13. The van der Waals surface area contributed by atoms with Crippen LogP contribution in [0.4, 0.5) is 13.2 Å². The van der Waals surface area contributed by atoms with Crippen LogP contribution in [0.15, 0.2) is 24.3 Å². The summed E-state index contributed by atoms with van der Waals surface area (Å²) in [5.74, 6) is -4.26. The Morgan fingerprint density at radius 1 is 1.28 bits per heavy atom. The number of halogens is 5. The maximum atomic E-state index is 12.8. The molecule has 2 rings (SSSR count). The van der Waals surface area contributed by atoms with Crippen molar-refractivity contribution in [1.29, 1.82) is 0 Å². The number of hydrogen-bond donors (Lipinski definition) is 1. The van der Waals surface area contributed by atoms with Crippen LogP contribution in [0.25, 0.3) is 0 Å². The van der Waals surface area contributed by atoms with Crippen molar-refractivity contribution in [2.75, 3.05) is 0 Å². The number of carbonyl (C=O) groups is 3. The summed E-state index contributed by atoms with van der Waals surface area (Å²) >= 11 is 12.0. The number of carboxylic acids is 1. The predicted octanol–water partition coefficient (Wildman–Crippen LogP) is 4.42. The Morgan fingerprint density at radius 2 is 1.93 bits per heavy atom. The number of carbonyl (C=O) groups excluding carboxylic acids is 2. The molecule has 2 atom stereocenters. The molecule has 0 fully saturated rings. The van der Waals surface area contributed by atoms with Crippen LogP contribution in [0, 0.1) is 0 Å². The van der Waals surface area contributed by atoms with Gasteiger partial charge in [0.1, 0.15) is 6.10 Å². The van der Waals surface area contributed by atoms with Gasteiger partial charge in [0, 0.05) is 15.6 Å². The molecule has 1 aliphatic carbocycles. The van der Waals surface area contributed by atoms with Crippen molar-refractivity contribution in [3.05, 3.63) is 45.5 Å². The maximum absolute atomic E-state index is 12.8. The van der Waals surface area contributed by atoms with Crippen LogP contribution < -0.4 is 0 Å². The minimum absolute atomic E-state index is 0.348. The average Bonchev–Trinajstić information content (AvgIpc) is 2.95. The summed E-state index contributed by atoms with van der Waals surface area (Å²) in [6.07, 6.45) is -9.84. The Kier molecular flexibility index (Phi) is 7.18. The molecule has 0 saturated carbocycles. The van der Waals surface area contributed by atoms with Crippen molar-refractivity contribution in [3.63, 3.8) is 0 Å². The lowest BCUT2D eigenvalue weighted by atomic mass is 10.1. The molecule has 0 spiro atoms. The van der Waals surface area contributed by atoms with E-state index >= 15 is 0 Å². The number of rotatable bonds is 7. The second kappa shape index (κ2) is 9.04. The zero-order chi connectivity index (χ0) is 21.9. The number of hydrogen-bond acceptors (Lipinski definition) is 5. The first-order chi connectivity index (χ1) is 13.4. The Hall–Kier alpha value is -2.26. The van der Waals surface area contributed by atoms with Gasteiger partial charge in [-0.25, -0.2) is 4.79 Å². The van der Waals surface area contributed by atoms with E-state index in [0.717, 1.165) is 5.56 Å². The molecule has 1 aliphatic rings. The molecule has 0 heterocycles. The predicted molar refractivity (Wildman–Crippen MR) is 95.6 cm³/mol. The van der Waals surface area contributed by atoms with Crippen LogP contribution in [-0.2, 0) is 30.3 Å². The van der Waals surface area contributed by atoms with Gasteiger partial charge >= 0.3 is 24.1 Å². The Balaban J connectivity index is 1.97. The number of carboxylic acid groups (broad SMARTS) is 1. The van der Waals surface area contributed by atoms with E-state index in [1.807, 2.05) is 0 Å². The van der Waals surface area contributed by atoms with Gasteiger partial charge in [0.15, 0.2) is 0 Å². The summed E-state index contributed by atoms with van der Waals surface area (Å²) in [6, 6.07) is 3.15. The minimum Gasteiger partial charge on any atom is -0.481 e. The number of esters is 2. The normalized spacial score (nSPS) is 16.7.